The first-order chi connectivity index (χ1) is 14.0. The normalized spacial score (nSPS) is 14.5. The minimum atomic E-state index is 0.0801. The van der Waals surface area contributed by atoms with E-state index in [0.717, 1.165) is 19.3 Å². The van der Waals surface area contributed by atoms with Crippen molar-refractivity contribution < 1.29 is 4.57 Å². The molecule has 0 saturated carbocycles. The van der Waals surface area contributed by atoms with Gasteiger partial charge in [-0.1, -0.05) is 57.5 Å². The van der Waals surface area contributed by atoms with Gasteiger partial charge in [-0.2, -0.15) is 4.57 Å². The van der Waals surface area contributed by atoms with Crippen LogP contribution in [0.2, 0.25) is 0 Å². The molecule has 29 heavy (non-hydrogen) atoms. The van der Waals surface area contributed by atoms with Crippen LogP contribution >= 0.6 is 0 Å². The number of unbranched alkanes of at least 4 members (excludes halogenated alkanes) is 1. The van der Waals surface area contributed by atoms with Gasteiger partial charge in [-0.3, -0.25) is 0 Å². The molecule has 0 saturated heterocycles. The van der Waals surface area contributed by atoms with E-state index in [2.05, 4.69) is 94.1 Å². The van der Waals surface area contributed by atoms with E-state index >= 15 is 0 Å². The summed E-state index contributed by atoms with van der Waals surface area (Å²) in [5.41, 5.74) is 8.49. The smallest absolute Gasteiger partial charge is 0.167 e. The van der Waals surface area contributed by atoms with Crippen LogP contribution in [-0.2, 0) is 11.8 Å². The van der Waals surface area contributed by atoms with Gasteiger partial charge >= 0.3 is 0 Å². The molecule has 0 unspecified atom stereocenters. The van der Waals surface area contributed by atoms with Crippen molar-refractivity contribution in [1.82, 2.24) is 0 Å². The Hall–Kier alpha value is -2.41. The first kappa shape index (κ1) is 19.9. The summed E-state index contributed by atoms with van der Waals surface area (Å²) in [7, 11) is 0. The number of allylic oxidation sites excluding steroid dienone is 1. The highest BCUT2D eigenvalue weighted by Gasteiger charge is 2.35. The average molecular weight is 385 g/mol. The summed E-state index contributed by atoms with van der Waals surface area (Å²) < 4.78 is 2.35. The molecule has 2 aromatic carbocycles. The zero-order valence-electron chi connectivity index (χ0n) is 18.7. The fraction of sp³-hybridized carbons (Fsp3) is 0.393. The van der Waals surface area contributed by atoms with Gasteiger partial charge in [0.25, 0.3) is 0 Å². The number of aromatic nitrogens is 1. The second kappa shape index (κ2) is 7.78. The Labute approximate surface area is 176 Å². The Balaban J connectivity index is 2.11. The lowest BCUT2D eigenvalue weighted by Gasteiger charge is -2.29. The third-order valence-corrected chi connectivity index (χ3v) is 7.15. The quantitative estimate of drug-likeness (QED) is 0.406. The van der Waals surface area contributed by atoms with Crippen molar-refractivity contribution in [3.8, 4) is 11.3 Å². The van der Waals surface area contributed by atoms with Crippen molar-refractivity contribution >= 4 is 17.0 Å². The van der Waals surface area contributed by atoms with Crippen LogP contribution in [0.4, 0.5) is 0 Å². The van der Waals surface area contributed by atoms with E-state index in [9.17, 15) is 0 Å². The number of nitrogens with zero attached hydrogens (tertiary/aromatic N) is 1. The first-order valence-corrected chi connectivity index (χ1v) is 11.3. The van der Waals surface area contributed by atoms with Crippen molar-refractivity contribution in [2.75, 3.05) is 0 Å². The Morgan fingerprint density at radius 3 is 2.41 bits per heavy atom. The molecule has 1 aliphatic rings. The number of hydrogen-bond acceptors (Lipinski definition) is 0. The van der Waals surface area contributed by atoms with Gasteiger partial charge < -0.3 is 0 Å². The summed E-state index contributed by atoms with van der Waals surface area (Å²) >= 11 is 0. The molecule has 0 aliphatic carbocycles. The van der Waals surface area contributed by atoms with E-state index < -0.39 is 0 Å². The predicted octanol–water partition coefficient (Wildman–Crippen LogP) is 7.30. The van der Waals surface area contributed by atoms with Crippen LogP contribution in [0.5, 0.6) is 0 Å². The predicted molar refractivity (Wildman–Crippen MR) is 125 cm³/mol. The first-order valence-electron chi connectivity index (χ1n) is 11.3. The summed E-state index contributed by atoms with van der Waals surface area (Å²) in [5, 5.41) is 2.83. The Morgan fingerprint density at radius 1 is 0.897 bits per heavy atom. The molecule has 150 valence electrons. The topological polar surface area (TPSA) is 3.88 Å². The van der Waals surface area contributed by atoms with Crippen LogP contribution in [0.1, 0.15) is 68.7 Å². The summed E-state index contributed by atoms with van der Waals surface area (Å²) in [6, 6.07) is 14.1. The lowest BCUT2D eigenvalue weighted by Crippen LogP contribution is -2.29. The Kier molecular flexibility index (Phi) is 5.34. The molecular weight excluding hydrogens is 350 g/mol. The highest BCUT2D eigenvalue weighted by atomic mass is 14.9. The molecule has 0 amide bonds. The standard InChI is InChI=1S/C28H34N/c1-6-9-11-22-12-10-13-24-23(22)14-15-25-27(24)26-18-20(4)21(5)19-29(26)17-16-28(25,7-2)8-3/h10,12-19H,6-9,11H2,1-5H3/q+1. The van der Waals surface area contributed by atoms with Gasteiger partial charge in [-0.15, -0.1) is 0 Å². The van der Waals surface area contributed by atoms with Crippen molar-refractivity contribution in [3.05, 3.63) is 70.9 Å². The van der Waals surface area contributed by atoms with Crippen LogP contribution < -0.4 is 4.57 Å². The van der Waals surface area contributed by atoms with E-state index in [1.807, 2.05) is 0 Å². The van der Waals surface area contributed by atoms with E-state index in [4.69, 9.17) is 0 Å². The minimum absolute atomic E-state index is 0.0801. The fourth-order valence-electron chi connectivity index (χ4n) is 4.98. The van der Waals surface area contributed by atoms with Gasteiger partial charge in [0.15, 0.2) is 12.4 Å². The Bertz CT molecular complexity index is 1080. The monoisotopic (exact) mass is 384 g/mol. The molecule has 1 aliphatic heterocycles. The number of benzene rings is 2. The Morgan fingerprint density at radius 2 is 1.69 bits per heavy atom. The number of aryl methyl sites for hydroxylation is 3. The second-order valence-corrected chi connectivity index (χ2v) is 8.71. The molecule has 1 aromatic heterocycles. The highest BCUT2D eigenvalue weighted by molar-refractivity contribution is 5.99. The van der Waals surface area contributed by atoms with Gasteiger partial charge in [-0.05, 0) is 73.1 Å². The summed E-state index contributed by atoms with van der Waals surface area (Å²) in [4.78, 5) is 0. The number of rotatable bonds is 5. The molecule has 0 radical (unpaired) electrons. The number of pyridine rings is 1. The molecule has 4 rings (SSSR count). The maximum absolute atomic E-state index is 2.45. The lowest BCUT2D eigenvalue weighted by molar-refractivity contribution is -0.556. The van der Waals surface area contributed by atoms with E-state index in [1.165, 1.54) is 57.1 Å². The summed E-state index contributed by atoms with van der Waals surface area (Å²) in [6.45, 7) is 11.4. The van der Waals surface area contributed by atoms with E-state index in [-0.39, 0.29) is 5.41 Å². The number of hydrogen-bond donors (Lipinski definition) is 0. The van der Waals surface area contributed by atoms with Gasteiger partial charge in [0.1, 0.15) is 0 Å². The van der Waals surface area contributed by atoms with Gasteiger partial charge in [-0.25, -0.2) is 0 Å². The largest absolute Gasteiger partial charge is 0.219 e. The SMILES string of the molecule is CCCCc1cccc2c3c(ccc12)C(CC)(CC)C=C[n+]1cc(C)c(C)cc1-3. The molecule has 0 atom stereocenters. The zero-order valence-corrected chi connectivity index (χ0v) is 18.7. The molecule has 0 spiro atoms. The van der Waals surface area contributed by atoms with Crippen LogP contribution in [0.15, 0.2) is 48.7 Å². The van der Waals surface area contributed by atoms with Gasteiger partial charge in [0.05, 0.1) is 5.56 Å². The molecule has 0 N–H and O–H groups in total. The van der Waals surface area contributed by atoms with Crippen LogP contribution in [0, 0.1) is 13.8 Å². The summed E-state index contributed by atoms with van der Waals surface area (Å²) in [6.07, 6.45) is 12.9. The van der Waals surface area contributed by atoms with E-state index in [1.54, 1.807) is 0 Å². The van der Waals surface area contributed by atoms with Crippen LogP contribution in [0.3, 0.4) is 0 Å². The minimum Gasteiger partial charge on any atom is -0.167 e. The average Bonchev–Trinajstić information content (AvgIpc) is 2.87. The third-order valence-electron chi connectivity index (χ3n) is 7.15. The molecular formula is C28H34N+. The molecule has 0 bridgehead atoms. The van der Waals surface area contributed by atoms with E-state index in [0.29, 0.717) is 0 Å². The molecule has 3 aromatic rings. The van der Waals surface area contributed by atoms with Gasteiger partial charge in [0, 0.05) is 17.0 Å². The maximum atomic E-state index is 2.45. The molecule has 0 fully saturated rings. The maximum Gasteiger partial charge on any atom is 0.219 e. The van der Waals surface area contributed by atoms with Crippen molar-refractivity contribution in [3.63, 3.8) is 0 Å². The van der Waals surface area contributed by atoms with Crippen LogP contribution in [-0.4, -0.2) is 0 Å². The fourth-order valence-corrected chi connectivity index (χ4v) is 4.98. The lowest BCUT2D eigenvalue weighted by atomic mass is 9.72. The molecule has 1 heteroatoms. The second-order valence-electron chi connectivity index (χ2n) is 8.71. The molecule has 2 heterocycles. The van der Waals surface area contributed by atoms with Crippen molar-refractivity contribution in [2.45, 2.75) is 72.1 Å². The molecule has 1 nitrogen and oxygen atoms in total. The van der Waals surface area contributed by atoms with Crippen LogP contribution in [0.25, 0.3) is 28.2 Å². The zero-order chi connectivity index (χ0) is 20.6. The van der Waals surface area contributed by atoms with Crippen molar-refractivity contribution in [2.24, 2.45) is 0 Å². The number of fused-ring (bicyclic) bond motifs is 5. The van der Waals surface area contributed by atoms with Crippen molar-refractivity contribution in [1.29, 1.82) is 0 Å². The highest BCUT2D eigenvalue weighted by Crippen LogP contribution is 2.44. The van der Waals surface area contributed by atoms with Gasteiger partial charge in [0.2, 0.25) is 5.69 Å². The summed E-state index contributed by atoms with van der Waals surface area (Å²) in [5.74, 6) is 0. The third kappa shape index (κ3) is 3.21.